The third kappa shape index (κ3) is 2.75. The SMILES string of the molecule is CC(=O)Nc1cccc2c1C(=O)C(N1CCOCC1)=C(Cl)C2=O. The summed E-state index contributed by atoms with van der Waals surface area (Å²) in [6, 6.07) is 4.75. The molecule has 1 heterocycles. The van der Waals surface area contributed by atoms with Gasteiger partial charge in [-0.25, -0.2) is 0 Å². The number of carbonyl (C=O) groups is 3. The third-order valence-electron chi connectivity index (χ3n) is 3.80. The number of carbonyl (C=O) groups excluding carboxylic acids is 3. The van der Waals surface area contributed by atoms with Crippen molar-refractivity contribution >= 4 is 34.8 Å². The first-order chi connectivity index (χ1) is 11.0. The van der Waals surface area contributed by atoms with Gasteiger partial charge in [0.1, 0.15) is 10.7 Å². The van der Waals surface area contributed by atoms with Gasteiger partial charge in [0.2, 0.25) is 17.5 Å². The molecular weight excluding hydrogens is 320 g/mol. The third-order valence-corrected chi connectivity index (χ3v) is 4.15. The number of benzene rings is 1. The quantitative estimate of drug-likeness (QED) is 0.892. The van der Waals surface area contributed by atoms with Crippen LogP contribution in [0.4, 0.5) is 5.69 Å². The molecule has 0 radical (unpaired) electrons. The van der Waals surface area contributed by atoms with Crippen molar-refractivity contribution in [3.63, 3.8) is 0 Å². The molecule has 1 aromatic carbocycles. The Morgan fingerprint density at radius 3 is 2.57 bits per heavy atom. The molecule has 1 fully saturated rings. The maximum absolute atomic E-state index is 12.9. The number of Topliss-reactive ketones (excluding diaryl/α,β-unsaturated/α-hetero) is 2. The van der Waals surface area contributed by atoms with E-state index in [1.54, 1.807) is 23.1 Å². The number of morpholine rings is 1. The molecule has 1 amide bonds. The smallest absolute Gasteiger partial charge is 0.221 e. The largest absolute Gasteiger partial charge is 0.378 e. The highest BCUT2D eigenvalue weighted by Crippen LogP contribution is 2.34. The highest BCUT2D eigenvalue weighted by Gasteiger charge is 2.36. The standard InChI is InChI=1S/C16H15ClN2O4/c1-9(20)18-11-4-2-3-10-12(11)16(22)14(13(17)15(10)21)19-5-7-23-8-6-19/h2-4H,5-8H2,1H3,(H,18,20). The Hall–Kier alpha value is -2.18. The highest BCUT2D eigenvalue weighted by molar-refractivity contribution is 6.50. The van der Waals surface area contributed by atoms with E-state index in [-0.39, 0.29) is 33.5 Å². The molecule has 120 valence electrons. The van der Waals surface area contributed by atoms with Crippen molar-refractivity contribution in [2.45, 2.75) is 6.92 Å². The molecule has 0 saturated carbocycles. The Kier molecular flexibility index (Phi) is 4.19. The van der Waals surface area contributed by atoms with Crippen molar-refractivity contribution < 1.29 is 19.1 Å². The molecular formula is C16H15ClN2O4. The lowest BCUT2D eigenvalue weighted by Gasteiger charge is -2.33. The van der Waals surface area contributed by atoms with E-state index in [1.165, 1.54) is 6.92 Å². The summed E-state index contributed by atoms with van der Waals surface area (Å²) in [6.07, 6.45) is 0. The fourth-order valence-corrected chi connectivity index (χ4v) is 3.10. The lowest BCUT2D eigenvalue weighted by atomic mass is 9.90. The van der Waals surface area contributed by atoms with Gasteiger partial charge in [0.15, 0.2) is 0 Å². The Labute approximate surface area is 138 Å². The van der Waals surface area contributed by atoms with Crippen LogP contribution in [0.1, 0.15) is 27.6 Å². The second-order valence-corrected chi connectivity index (χ2v) is 5.71. The van der Waals surface area contributed by atoms with Crippen LogP contribution >= 0.6 is 11.6 Å². The molecule has 23 heavy (non-hydrogen) atoms. The van der Waals surface area contributed by atoms with Crippen LogP contribution in [0.2, 0.25) is 0 Å². The van der Waals surface area contributed by atoms with Crippen molar-refractivity contribution in [3.8, 4) is 0 Å². The molecule has 0 aromatic heterocycles. The van der Waals surface area contributed by atoms with Crippen molar-refractivity contribution in [2.24, 2.45) is 0 Å². The first kappa shape index (κ1) is 15.7. The number of amides is 1. The summed E-state index contributed by atoms with van der Waals surface area (Å²) in [5.74, 6) is -1.07. The summed E-state index contributed by atoms with van der Waals surface area (Å²) in [4.78, 5) is 38.6. The molecule has 2 aliphatic rings. The molecule has 0 spiro atoms. The van der Waals surface area contributed by atoms with Crippen LogP contribution in [-0.4, -0.2) is 48.7 Å². The Morgan fingerprint density at radius 2 is 1.91 bits per heavy atom. The number of nitrogens with zero attached hydrogens (tertiary/aromatic N) is 1. The van der Waals surface area contributed by atoms with Gasteiger partial charge in [-0.1, -0.05) is 23.7 Å². The van der Waals surface area contributed by atoms with E-state index in [9.17, 15) is 14.4 Å². The van der Waals surface area contributed by atoms with E-state index in [2.05, 4.69) is 5.32 Å². The average Bonchev–Trinajstić information content (AvgIpc) is 2.53. The zero-order chi connectivity index (χ0) is 16.6. The number of nitrogens with one attached hydrogen (secondary N) is 1. The van der Waals surface area contributed by atoms with Crippen molar-refractivity contribution in [1.82, 2.24) is 4.90 Å². The Morgan fingerprint density at radius 1 is 1.22 bits per heavy atom. The number of hydrogen-bond donors (Lipinski definition) is 1. The van der Waals surface area contributed by atoms with Crippen LogP contribution in [-0.2, 0) is 9.53 Å². The predicted octanol–water partition coefficient (Wildman–Crippen LogP) is 1.81. The van der Waals surface area contributed by atoms with Crippen LogP contribution in [0.5, 0.6) is 0 Å². The number of halogens is 1. The van der Waals surface area contributed by atoms with Gasteiger partial charge in [0.25, 0.3) is 0 Å². The summed E-state index contributed by atoms with van der Waals surface area (Å²) >= 11 is 6.19. The van der Waals surface area contributed by atoms with Gasteiger partial charge in [-0.2, -0.15) is 0 Å². The van der Waals surface area contributed by atoms with E-state index in [4.69, 9.17) is 16.3 Å². The van der Waals surface area contributed by atoms with Crippen LogP contribution in [0.25, 0.3) is 0 Å². The number of rotatable bonds is 2. The molecule has 6 nitrogen and oxygen atoms in total. The van der Waals surface area contributed by atoms with Gasteiger partial charge in [-0.05, 0) is 6.07 Å². The maximum atomic E-state index is 12.9. The minimum Gasteiger partial charge on any atom is -0.378 e. The van der Waals surface area contributed by atoms with Crippen LogP contribution in [0.15, 0.2) is 28.9 Å². The molecule has 1 aliphatic heterocycles. The van der Waals surface area contributed by atoms with Crippen molar-refractivity contribution in [2.75, 3.05) is 31.6 Å². The number of allylic oxidation sites excluding steroid dienone is 2. The number of anilines is 1. The van der Waals surface area contributed by atoms with Crippen LogP contribution in [0.3, 0.4) is 0 Å². The van der Waals surface area contributed by atoms with E-state index in [0.717, 1.165) is 0 Å². The van der Waals surface area contributed by atoms with Crippen molar-refractivity contribution in [3.05, 3.63) is 40.1 Å². The van der Waals surface area contributed by atoms with E-state index >= 15 is 0 Å². The summed E-state index contributed by atoms with van der Waals surface area (Å²) in [5.41, 5.74) is 0.912. The van der Waals surface area contributed by atoms with Gasteiger partial charge >= 0.3 is 0 Å². The molecule has 1 N–H and O–H groups in total. The lowest BCUT2D eigenvalue weighted by molar-refractivity contribution is -0.114. The number of ether oxygens (including phenoxy) is 1. The molecule has 0 atom stereocenters. The molecule has 7 heteroatoms. The fraction of sp³-hybridized carbons (Fsp3) is 0.312. The van der Waals surface area contributed by atoms with Gasteiger partial charge in [-0.3, -0.25) is 14.4 Å². The zero-order valence-corrected chi connectivity index (χ0v) is 13.3. The lowest BCUT2D eigenvalue weighted by Crippen LogP contribution is -2.40. The molecule has 0 unspecified atom stereocenters. The van der Waals surface area contributed by atoms with Gasteiger partial charge in [-0.15, -0.1) is 0 Å². The molecule has 1 aliphatic carbocycles. The minimum absolute atomic E-state index is 0.0793. The summed E-state index contributed by atoms with van der Waals surface area (Å²) in [5, 5.41) is 2.52. The van der Waals surface area contributed by atoms with Gasteiger partial charge in [0, 0.05) is 25.6 Å². The minimum atomic E-state index is -0.407. The van der Waals surface area contributed by atoms with E-state index in [1.807, 2.05) is 0 Å². The topological polar surface area (TPSA) is 75.7 Å². The molecule has 0 bridgehead atoms. The van der Waals surface area contributed by atoms with E-state index in [0.29, 0.717) is 32.0 Å². The van der Waals surface area contributed by atoms with Crippen LogP contribution in [0, 0.1) is 0 Å². The zero-order valence-electron chi connectivity index (χ0n) is 12.5. The number of fused-ring (bicyclic) bond motifs is 1. The fourth-order valence-electron chi connectivity index (χ4n) is 2.79. The summed E-state index contributed by atoms with van der Waals surface area (Å²) in [6.45, 7) is 3.26. The normalized spacial score (nSPS) is 18.1. The maximum Gasteiger partial charge on any atom is 0.221 e. The second-order valence-electron chi connectivity index (χ2n) is 5.33. The molecule has 1 saturated heterocycles. The Bertz CT molecular complexity index is 736. The summed E-state index contributed by atoms with van der Waals surface area (Å²) < 4.78 is 5.27. The first-order valence-corrected chi connectivity index (χ1v) is 7.61. The first-order valence-electron chi connectivity index (χ1n) is 7.23. The predicted molar refractivity (Wildman–Crippen MR) is 84.7 cm³/mol. The number of ketones is 2. The van der Waals surface area contributed by atoms with Gasteiger partial charge < -0.3 is 15.0 Å². The van der Waals surface area contributed by atoms with Crippen molar-refractivity contribution in [1.29, 1.82) is 0 Å². The van der Waals surface area contributed by atoms with Crippen LogP contribution < -0.4 is 5.32 Å². The van der Waals surface area contributed by atoms with E-state index < -0.39 is 5.78 Å². The van der Waals surface area contributed by atoms with Gasteiger partial charge in [0.05, 0.1) is 24.5 Å². The highest BCUT2D eigenvalue weighted by atomic mass is 35.5. The monoisotopic (exact) mass is 334 g/mol. The molecule has 3 rings (SSSR count). The second kappa shape index (κ2) is 6.14. The average molecular weight is 335 g/mol. The summed E-state index contributed by atoms with van der Waals surface area (Å²) in [7, 11) is 0. The molecule has 1 aromatic rings. The Balaban J connectivity index is 2.10. The number of hydrogen-bond acceptors (Lipinski definition) is 5.